The van der Waals surface area contributed by atoms with E-state index in [-0.39, 0.29) is 16.6 Å². The molecule has 0 aliphatic carbocycles. The lowest BCUT2D eigenvalue weighted by Gasteiger charge is -2.46. The third kappa shape index (κ3) is 4.41. The van der Waals surface area contributed by atoms with Crippen molar-refractivity contribution in [3.05, 3.63) is 47.8 Å². The molecule has 0 N–H and O–H groups in total. The van der Waals surface area contributed by atoms with Gasteiger partial charge in [-0.3, -0.25) is 14.6 Å². The topological polar surface area (TPSA) is 69.0 Å². The Kier molecular flexibility index (Phi) is 6.31. The molecule has 33 heavy (non-hydrogen) atoms. The molecule has 4 rings (SSSR count). The lowest BCUT2D eigenvalue weighted by atomic mass is 9.69. The van der Waals surface area contributed by atoms with E-state index < -0.39 is 0 Å². The SMILES string of the molecule is CCOC(C)(C)[C@]1(CCc2ncc3c(cnn3C)n2)CCN(C(C)(C)c2ccc(C)nc2)C1. The quantitative estimate of drug-likeness (QED) is 0.505. The summed E-state index contributed by atoms with van der Waals surface area (Å²) in [5, 5.41) is 4.31. The summed E-state index contributed by atoms with van der Waals surface area (Å²) in [5.74, 6) is 0.877. The Morgan fingerprint density at radius 2 is 1.88 bits per heavy atom. The third-order valence-corrected chi connectivity index (χ3v) is 7.92. The molecule has 1 aliphatic heterocycles. The van der Waals surface area contributed by atoms with Crippen LogP contribution in [0.1, 0.15) is 64.5 Å². The fraction of sp³-hybridized carbons (Fsp3) is 0.615. The van der Waals surface area contributed by atoms with Gasteiger partial charge in [-0.05, 0) is 72.6 Å². The average Bonchev–Trinajstić information content (AvgIpc) is 3.38. The van der Waals surface area contributed by atoms with Crippen molar-refractivity contribution in [3.8, 4) is 0 Å². The van der Waals surface area contributed by atoms with E-state index in [9.17, 15) is 0 Å². The van der Waals surface area contributed by atoms with Gasteiger partial charge >= 0.3 is 0 Å². The molecule has 3 aromatic rings. The van der Waals surface area contributed by atoms with Crippen LogP contribution in [0.15, 0.2) is 30.7 Å². The van der Waals surface area contributed by atoms with Crippen molar-refractivity contribution in [1.29, 1.82) is 0 Å². The number of hydrogen-bond acceptors (Lipinski definition) is 6. The molecule has 7 nitrogen and oxygen atoms in total. The standard InChI is InChI=1S/C26H38N6O/c1-8-33-25(5,6)26(12-11-23-28-17-22-21(30-23)16-29-31(22)7)13-14-32(18-26)24(3,4)20-10-9-19(2)27-15-20/h9-10,15-17H,8,11-14,18H2,1-7H3/t26-/m1/s1. The minimum atomic E-state index is -0.253. The Bertz CT molecular complexity index is 1100. The molecule has 3 aromatic heterocycles. The van der Waals surface area contributed by atoms with Gasteiger partial charge in [-0.25, -0.2) is 9.97 Å². The molecule has 0 radical (unpaired) electrons. The monoisotopic (exact) mass is 450 g/mol. The molecule has 4 heterocycles. The molecule has 0 aromatic carbocycles. The molecule has 0 amide bonds. The van der Waals surface area contributed by atoms with Crippen molar-refractivity contribution in [2.45, 2.75) is 71.9 Å². The number of aromatic nitrogens is 5. The van der Waals surface area contributed by atoms with Crippen LogP contribution in [0.25, 0.3) is 11.0 Å². The van der Waals surface area contributed by atoms with Crippen LogP contribution < -0.4 is 0 Å². The summed E-state index contributed by atoms with van der Waals surface area (Å²) in [5.41, 5.74) is 3.82. The second kappa shape index (κ2) is 8.76. The second-order valence-corrected chi connectivity index (χ2v) is 10.5. The zero-order valence-electron chi connectivity index (χ0n) is 21.2. The van der Waals surface area contributed by atoms with Crippen LogP contribution in [0, 0.1) is 12.3 Å². The van der Waals surface area contributed by atoms with Gasteiger partial charge in [0, 0.05) is 49.5 Å². The van der Waals surface area contributed by atoms with E-state index in [0.717, 1.165) is 54.9 Å². The van der Waals surface area contributed by atoms with Gasteiger partial charge in [0.1, 0.15) is 16.9 Å². The van der Waals surface area contributed by atoms with E-state index in [2.05, 4.69) is 66.7 Å². The molecule has 1 aliphatic rings. The Hall–Kier alpha value is -2.38. The van der Waals surface area contributed by atoms with Crippen LogP contribution in [-0.2, 0) is 23.7 Å². The number of fused-ring (bicyclic) bond motifs is 1. The second-order valence-electron chi connectivity index (χ2n) is 10.5. The summed E-state index contributed by atoms with van der Waals surface area (Å²) in [7, 11) is 1.92. The van der Waals surface area contributed by atoms with E-state index in [1.165, 1.54) is 5.56 Å². The molecular weight excluding hydrogens is 412 g/mol. The summed E-state index contributed by atoms with van der Waals surface area (Å²) in [6, 6.07) is 4.32. The zero-order valence-corrected chi connectivity index (χ0v) is 21.2. The van der Waals surface area contributed by atoms with Crippen molar-refractivity contribution < 1.29 is 4.74 Å². The van der Waals surface area contributed by atoms with Gasteiger partial charge in [0.15, 0.2) is 0 Å². The van der Waals surface area contributed by atoms with Crippen LogP contribution >= 0.6 is 0 Å². The van der Waals surface area contributed by atoms with Crippen molar-refractivity contribution >= 4 is 11.0 Å². The fourth-order valence-corrected chi connectivity index (χ4v) is 5.32. The Labute approximate surface area is 197 Å². The summed E-state index contributed by atoms with van der Waals surface area (Å²) < 4.78 is 8.18. The van der Waals surface area contributed by atoms with Crippen molar-refractivity contribution in [2.75, 3.05) is 19.7 Å². The maximum absolute atomic E-state index is 6.37. The van der Waals surface area contributed by atoms with Crippen molar-refractivity contribution in [1.82, 2.24) is 29.6 Å². The van der Waals surface area contributed by atoms with E-state index in [1.54, 1.807) is 0 Å². The number of likely N-dealkylation sites (tertiary alicyclic amines) is 1. The first-order chi connectivity index (χ1) is 15.6. The van der Waals surface area contributed by atoms with Crippen LogP contribution in [-0.4, -0.2) is 54.9 Å². The smallest absolute Gasteiger partial charge is 0.129 e. The lowest BCUT2D eigenvalue weighted by Crippen LogP contribution is -2.50. The minimum Gasteiger partial charge on any atom is -0.375 e. The number of aryl methyl sites for hydroxylation is 3. The maximum Gasteiger partial charge on any atom is 0.129 e. The first kappa shape index (κ1) is 23.8. The van der Waals surface area contributed by atoms with Gasteiger partial charge in [0.2, 0.25) is 0 Å². The van der Waals surface area contributed by atoms with Gasteiger partial charge in [0.05, 0.1) is 18.0 Å². The normalized spacial score (nSPS) is 20.1. The van der Waals surface area contributed by atoms with Gasteiger partial charge in [0.25, 0.3) is 0 Å². The molecule has 178 valence electrons. The van der Waals surface area contributed by atoms with E-state index in [1.807, 2.05) is 37.2 Å². The Morgan fingerprint density at radius 1 is 1.09 bits per heavy atom. The average molecular weight is 451 g/mol. The summed E-state index contributed by atoms with van der Waals surface area (Å²) in [4.78, 5) is 16.6. The highest BCUT2D eigenvalue weighted by Gasteiger charge is 2.52. The molecule has 1 saturated heterocycles. The van der Waals surface area contributed by atoms with Gasteiger partial charge < -0.3 is 4.74 Å². The molecular formula is C26H38N6O. The highest BCUT2D eigenvalue weighted by molar-refractivity contribution is 5.72. The Morgan fingerprint density at radius 3 is 2.58 bits per heavy atom. The van der Waals surface area contributed by atoms with E-state index in [4.69, 9.17) is 9.72 Å². The largest absolute Gasteiger partial charge is 0.375 e. The molecule has 0 unspecified atom stereocenters. The first-order valence-electron chi connectivity index (χ1n) is 12.0. The van der Waals surface area contributed by atoms with Gasteiger partial charge in [-0.1, -0.05) is 6.07 Å². The molecule has 0 bridgehead atoms. The first-order valence-corrected chi connectivity index (χ1v) is 12.0. The number of pyridine rings is 1. The van der Waals surface area contributed by atoms with Crippen LogP contribution in [0.4, 0.5) is 0 Å². The summed E-state index contributed by atoms with van der Waals surface area (Å²) in [6.45, 7) is 16.0. The van der Waals surface area contributed by atoms with Crippen molar-refractivity contribution in [3.63, 3.8) is 0 Å². The predicted molar refractivity (Wildman–Crippen MR) is 131 cm³/mol. The van der Waals surface area contributed by atoms with Crippen LogP contribution in [0.2, 0.25) is 0 Å². The number of nitrogens with zero attached hydrogens (tertiary/aromatic N) is 6. The summed E-state index contributed by atoms with van der Waals surface area (Å²) in [6.07, 6.45) is 8.61. The van der Waals surface area contributed by atoms with E-state index in [0.29, 0.717) is 6.61 Å². The van der Waals surface area contributed by atoms with Crippen molar-refractivity contribution in [2.24, 2.45) is 12.5 Å². The van der Waals surface area contributed by atoms with E-state index >= 15 is 0 Å². The number of ether oxygens (including phenoxy) is 1. The highest BCUT2D eigenvalue weighted by Crippen LogP contribution is 2.49. The predicted octanol–water partition coefficient (Wildman–Crippen LogP) is 4.44. The molecule has 7 heteroatoms. The van der Waals surface area contributed by atoms with Gasteiger partial charge in [-0.15, -0.1) is 0 Å². The number of hydrogen-bond donors (Lipinski definition) is 0. The highest BCUT2D eigenvalue weighted by atomic mass is 16.5. The molecule has 1 atom stereocenters. The van der Waals surface area contributed by atoms with Crippen LogP contribution in [0.3, 0.4) is 0 Å². The van der Waals surface area contributed by atoms with Gasteiger partial charge in [-0.2, -0.15) is 5.10 Å². The zero-order chi connectivity index (χ0) is 23.9. The molecule has 0 saturated carbocycles. The summed E-state index contributed by atoms with van der Waals surface area (Å²) >= 11 is 0. The fourth-order valence-electron chi connectivity index (χ4n) is 5.32. The minimum absolute atomic E-state index is 0.00562. The number of rotatable bonds is 8. The molecule has 0 spiro atoms. The van der Waals surface area contributed by atoms with Crippen LogP contribution in [0.5, 0.6) is 0 Å². The maximum atomic E-state index is 6.37. The molecule has 1 fully saturated rings. The third-order valence-electron chi connectivity index (χ3n) is 7.92. The Balaban J connectivity index is 1.59. The lowest BCUT2D eigenvalue weighted by molar-refractivity contribution is -0.109.